The van der Waals surface area contributed by atoms with E-state index in [0.717, 1.165) is 3.79 Å². The first-order valence-corrected chi connectivity index (χ1v) is 11.2. The summed E-state index contributed by atoms with van der Waals surface area (Å²) in [4.78, 5) is 0. The normalized spacial score (nSPS) is 20.3. The Bertz CT molecular complexity index is 794. The first kappa shape index (κ1) is 17.4. The van der Waals surface area contributed by atoms with Crippen LogP contribution in [-0.2, 0) is 10.0 Å². The van der Waals surface area contributed by atoms with Crippen molar-refractivity contribution < 1.29 is 12.8 Å². The quantitative estimate of drug-likeness (QED) is 0.710. The van der Waals surface area contributed by atoms with Crippen LogP contribution in [-0.4, -0.2) is 31.6 Å². The lowest BCUT2D eigenvalue weighted by molar-refractivity contribution is 0.428. The van der Waals surface area contributed by atoms with E-state index < -0.39 is 10.0 Å². The molecule has 0 bridgehead atoms. The predicted molar refractivity (Wildman–Crippen MR) is 97.0 cm³/mol. The van der Waals surface area contributed by atoms with Crippen LogP contribution in [0.5, 0.6) is 0 Å². The molecule has 2 heterocycles. The molecule has 0 spiro atoms. The summed E-state index contributed by atoms with van der Waals surface area (Å²) in [5, 5.41) is -0.00790. The Hall–Kier alpha value is -0.410. The standard InChI is InChI=1S/C15H15BrFNO2S3/c16-14-5-6-15(22-14)23(19,20)18-8-7-13(21-10-9-18)11-3-1-2-4-12(11)17/h1-6,13H,7-10H2. The van der Waals surface area contributed by atoms with Crippen molar-refractivity contribution in [1.82, 2.24) is 4.31 Å². The molecule has 1 aromatic heterocycles. The number of nitrogens with zero attached hydrogens (tertiary/aromatic N) is 1. The van der Waals surface area contributed by atoms with E-state index in [-0.39, 0.29) is 11.1 Å². The monoisotopic (exact) mass is 435 g/mol. The Balaban J connectivity index is 1.78. The summed E-state index contributed by atoms with van der Waals surface area (Å²) in [5.41, 5.74) is 0.663. The Kier molecular flexibility index (Phi) is 5.47. The highest BCUT2D eigenvalue weighted by atomic mass is 79.9. The first-order chi connectivity index (χ1) is 11.0. The zero-order valence-electron chi connectivity index (χ0n) is 12.1. The molecular weight excluding hydrogens is 421 g/mol. The number of halogens is 2. The predicted octanol–water partition coefficient (Wildman–Crippen LogP) is 4.52. The van der Waals surface area contributed by atoms with Crippen LogP contribution in [0.15, 0.2) is 44.4 Å². The Morgan fingerprint density at radius 1 is 1.17 bits per heavy atom. The molecule has 0 amide bonds. The van der Waals surface area contributed by atoms with Crippen molar-refractivity contribution in [3.05, 3.63) is 51.6 Å². The van der Waals surface area contributed by atoms with Gasteiger partial charge in [-0.3, -0.25) is 0 Å². The topological polar surface area (TPSA) is 37.4 Å². The maximum absolute atomic E-state index is 14.0. The van der Waals surface area contributed by atoms with Gasteiger partial charge in [-0.2, -0.15) is 16.1 Å². The van der Waals surface area contributed by atoms with Crippen LogP contribution in [0.2, 0.25) is 0 Å². The maximum Gasteiger partial charge on any atom is 0.252 e. The second-order valence-corrected chi connectivity index (χ2v) is 11.1. The van der Waals surface area contributed by atoms with E-state index in [1.54, 1.807) is 36.0 Å². The van der Waals surface area contributed by atoms with E-state index in [2.05, 4.69) is 15.9 Å². The van der Waals surface area contributed by atoms with Gasteiger partial charge < -0.3 is 0 Å². The second-order valence-electron chi connectivity index (χ2n) is 5.13. The highest BCUT2D eigenvalue weighted by Crippen LogP contribution is 2.37. The number of sulfonamides is 1. The van der Waals surface area contributed by atoms with Crippen molar-refractivity contribution in [2.45, 2.75) is 15.9 Å². The summed E-state index contributed by atoms with van der Waals surface area (Å²) in [6.07, 6.45) is 0.609. The number of thiophene rings is 1. The van der Waals surface area contributed by atoms with Gasteiger partial charge in [-0.05, 0) is 40.5 Å². The molecule has 1 saturated heterocycles. The lowest BCUT2D eigenvalue weighted by Gasteiger charge is -2.19. The molecular formula is C15H15BrFNO2S3. The Labute approximate surface area is 152 Å². The largest absolute Gasteiger partial charge is 0.252 e. The lowest BCUT2D eigenvalue weighted by Crippen LogP contribution is -2.32. The van der Waals surface area contributed by atoms with Gasteiger partial charge in [0.2, 0.25) is 0 Å². The first-order valence-electron chi connectivity index (χ1n) is 7.10. The molecule has 1 aliphatic heterocycles. The molecule has 0 aliphatic carbocycles. The van der Waals surface area contributed by atoms with Gasteiger partial charge in [0.1, 0.15) is 10.0 Å². The number of hydrogen-bond acceptors (Lipinski definition) is 4. The zero-order chi connectivity index (χ0) is 16.4. The fraction of sp³-hybridized carbons (Fsp3) is 0.333. The van der Waals surface area contributed by atoms with Crippen LogP contribution in [0, 0.1) is 5.82 Å². The average Bonchev–Trinajstić information content (AvgIpc) is 2.82. The van der Waals surface area contributed by atoms with Gasteiger partial charge in [-0.1, -0.05) is 18.2 Å². The van der Waals surface area contributed by atoms with Crippen LogP contribution in [0.25, 0.3) is 0 Å². The van der Waals surface area contributed by atoms with Crippen LogP contribution >= 0.6 is 39.0 Å². The van der Waals surface area contributed by atoms with Gasteiger partial charge in [0.15, 0.2) is 0 Å². The molecule has 124 valence electrons. The Morgan fingerprint density at radius 3 is 2.65 bits per heavy atom. The molecule has 23 heavy (non-hydrogen) atoms. The molecule has 0 radical (unpaired) electrons. The fourth-order valence-electron chi connectivity index (χ4n) is 2.54. The van der Waals surface area contributed by atoms with Crippen LogP contribution in [0.3, 0.4) is 0 Å². The maximum atomic E-state index is 14.0. The van der Waals surface area contributed by atoms with Gasteiger partial charge in [0, 0.05) is 29.7 Å². The number of thioether (sulfide) groups is 1. The minimum atomic E-state index is -3.47. The molecule has 2 aromatic rings. The molecule has 1 unspecified atom stereocenters. The van der Waals surface area contributed by atoms with E-state index in [0.29, 0.717) is 35.0 Å². The highest BCUT2D eigenvalue weighted by Gasteiger charge is 2.30. The van der Waals surface area contributed by atoms with Crippen molar-refractivity contribution >= 4 is 49.1 Å². The molecule has 3 rings (SSSR count). The summed E-state index contributed by atoms with van der Waals surface area (Å²) in [6, 6.07) is 10.1. The summed E-state index contributed by atoms with van der Waals surface area (Å²) < 4.78 is 42.0. The summed E-state index contributed by atoms with van der Waals surface area (Å²) in [7, 11) is -3.47. The highest BCUT2D eigenvalue weighted by molar-refractivity contribution is 9.11. The van der Waals surface area contributed by atoms with Crippen molar-refractivity contribution in [1.29, 1.82) is 0 Å². The van der Waals surface area contributed by atoms with Crippen molar-refractivity contribution in [3.8, 4) is 0 Å². The summed E-state index contributed by atoms with van der Waals surface area (Å²) in [6.45, 7) is 0.858. The molecule has 1 aromatic carbocycles. The lowest BCUT2D eigenvalue weighted by atomic mass is 10.1. The van der Waals surface area contributed by atoms with Crippen molar-refractivity contribution in [2.75, 3.05) is 18.8 Å². The van der Waals surface area contributed by atoms with E-state index in [9.17, 15) is 12.8 Å². The zero-order valence-corrected chi connectivity index (χ0v) is 16.1. The summed E-state index contributed by atoms with van der Waals surface area (Å²) >= 11 is 6.14. The van der Waals surface area contributed by atoms with Crippen molar-refractivity contribution in [3.63, 3.8) is 0 Å². The molecule has 1 aliphatic rings. The third kappa shape index (κ3) is 3.82. The molecule has 0 saturated carbocycles. The smallest absolute Gasteiger partial charge is 0.207 e. The summed E-state index contributed by atoms with van der Waals surface area (Å²) in [5.74, 6) is 0.439. The van der Waals surface area contributed by atoms with Gasteiger partial charge in [0.25, 0.3) is 10.0 Å². The van der Waals surface area contributed by atoms with E-state index in [1.165, 1.54) is 21.7 Å². The Morgan fingerprint density at radius 2 is 1.96 bits per heavy atom. The second kappa shape index (κ2) is 7.23. The number of benzene rings is 1. The number of hydrogen-bond donors (Lipinski definition) is 0. The number of rotatable bonds is 3. The fourth-order valence-corrected chi connectivity index (χ4v) is 7.53. The van der Waals surface area contributed by atoms with Crippen LogP contribution in [0.1, 0.15) is 17.2 Å². The average molecular weight is 436 g/mol. The van der Waals surface area contributed by atoms with E-state index in [4.69, 9.17) is 0 Å². The van der Waals surface area contributed by atoms with Gasteiger partial charge >= 0.3 is 0 Å². The van der Waals surface area contributed by atoms with E-state index in [1.807, 2.05) is 6.07 Å². The molecule has 0 N–H and O–H groups in total. The van der Waals surface area contributed by atoms with Crippen molar-refractivity contribution in [2.24, 2.45) is 0 Å². The van der Waals surface area contributed by atoms with E-state index >= 15 is 0 Å². The van der Waals surface area contributed by atoms with Gasteiger partial charge in [-0.15, -0.1) is 11.3 Å². The SMILES string of the molecule is O=S(=O)(c1ccc(Br)s1)N1CCSC(c2ccccc2F)CC1. The minimum Gasteiger partial charge on any atom is -0.207 e. The molecule has 3 nitrogen and oxygen atoms in total. The third-order valence-electron chi connectivity index (χ3n) is 3.70. The van der Waals surface area contributed by atoms with Crippen LogP contribution < -0.4 is 0 Å². The van der Waals surface area contributed by atoms with Gasteiger partial charge in [0.05, 0.1) is 3.79 Å². The molecule has 8 heteroatoms. The molecule has 1 fully saturated rings. The minimum absolute atomic E-state index is 0.00790. The van der Waals surface area contributed by atoms with Gasteiger partial charge in [-0.25, -0.2) is 12.8 Å². The van der Waals surface area contributed by atoms with Crippen LogP contribution in [0.4, 0.5) is 4.39 Å². The molecule has 1 atom stereocenters. The third-order valence-corrected chi connectivity index (χ3v) is 9.00.